The van der Waals surface area contributed by atoms with Crippen molar-refractivity contribution in [3.8, 4) is 0 Å². The van der Waals surface area contributed by atoms with Gasteiger partial charge in [0.15, 0.2) is 0 Å². The number of aromatic nitrogens is 1. The van der Waals surface area contributed by atoms with Gasteiger partial charge in [-0.15, -0.1) is 4.91 Å². The lowest BCUT2D eigenvalue weighted by molar-refractivity contribution is 0.144. The first-order chi connectivity index (χ1) is 11.9. The van der Waals surface area contributed by atoms with Crippen molar-refractivity contribution < 1.29 is 0 Å². The van der Waals surface area contributed by atoms with E-state index in [1.54, 1.807) is 5.01 Å². The van der Waals surface area contributed by atoms with Gasteiger partial charge in [-0.05, 0) is 61.3 Å². The average Bonchev–Trinajstić information content (AvgIpc) is 2.98. The molecule has 5 rings (SSSR count). The maximum atomic E-state index is 11.2. The highest BCUT2D eigenvalue weighted by Crippen LogP contribution is 2.44. The van der Waals surface area contributed by atoms with E-state index in [1.807, 2.05) is 0 Å². The van der Waals surface area contributed by atoms with Gasteiger partial charge in [-0.1, -0.05) is 25.3 Å². The zero-order valence-corrected chi connectivity index (χ0v) is 14.2. The van der Waals surface area contributed by atoms with Crippen molar-refractivity contribution in [2.45, 2.75) is 69.9 Å². The summed E-state index contributed by atoms with van der Waals surface area (Å²) in [5.41, 5.74) is 5.78. The molecule has 0 bridgehead atoms. The molecule has 3 aliphatic rings. The van der Waals surface area contributed by atoms with Gasteiger partial charge in [0, 0.05) is 23.1 Å². The van der Waals surface area contributed by atoms with Gasteiger partial charge in [-0.3, -0.25) is 5.01 Å². The van der Waals surface area contributed by atoms with E-state index >= 15 is 0 Å². The van der Waals surface area contributed by atoms with Crippen molar-refractivity contribution in [2.75, 3.05) is 6.54 Å². The number of hydrogen-bond acceptors (Lipinski definition) is 2. The van der Waals surface area contributed by atoms with Gasteiger partial charge in [0.2, 0.25) is 0 Å². The van der Waals surface area contributed by atoms with Crippen LogP contribution in [0.25, 0.3) is 10.9 Å². The molecule has 0 amide bonds. The van der Waals surface area contributed by atoms with E-state index in [9.17, 15) is 4.91 Å². The molecule has 2 aliphatic carbocycles. The van der Waals surface area contributed by atoms with Gasteiger partial charge in [-0.2, -0.15) is 0 Å². The van der Waals surface area contributed by atoms with Crippen molar-refractivity contribution in [3.63, 3.8) is 0 Å². The van der Waals surface area contributed by atoms with Crippen LogP contribution < -0.4 is 0 Å². The summed E-state index contributed by atoms with van der Waals surface area (Å²) < 4.78 is 2.47. The second-order valence-corrected chi connectivity index (χ2v) is 7.78. The van der Waals surface area contributed by atoms with Crippen LogP contribution in [0, 0.1) is 4.91 Å². The molecule has 0 saturated heterocycles. The van der Waals surface area contributed by atoms with Crippen molar-refractivity contribution in [1.29, 1.82) is 0 Å². The van der Waals surface area contributed by atoms with Crippen LogP contribution in [0.5, 0.6) is 0 Å². The lowest BCUT2D eigenvalue weighted by Crippen LogP contribution is -2.36. The van der Waals surface area contributed by atoms with Gasteiger partial charge in [-0.25, -0.2) is 0 Å². The summed E-state index contributed by atoms with van der Waals surface area (Å²) in [6.07, 6.45) is 10.2. The molecule has 2 aromatic rings. The Morgan fingerprint density at radius 1 is 1.00 bits per heavy atom. The molecule has 24 heavy (non-hydrogen) atoms. The molecule has 4 heteroatoms. The SMILES string of the molecule is O=NN1CCn2c3c(c4cc(C5CCCCC5)ccc42)CCC[C@@H]31. The number of nitroso groups, excluding NO2 is 1. The van der Waals surface area contributed by atoms with Crippen LogP contribution in [0.1, 0.15) is 73.7 Å². The van der Waals surface area contributed by atoms with E-state index in [-0.39, 0.29) is 6.04 Å². The van der Waals surface area contributed by atoms with Crippen molar-refractivity contribution in [3.05, 3.63) is 39.9 Å². The first-order valence-electron chi connectivity index (χ1n) is 9.61. The van der Waals surface area contributed by atoms with Crippen LogP contribution in [0.4, 0.5) is 0 Å². The van der Waals surface area contributed by atoms with Gasteiger partial charge < -0.3 is 4.57 Å². The Morgan fingerprint density at radius 3 is 2.71 bits per heavy atom. The first-order valence-corrected chi connectivity index (χ1v) is 9.61. The van der Waals surface area contributed by atoms with E-state index in [4.69, 9.17) is 0 Å². The second kappa shape index (κ2) is 5.61. The predicted molar refractivity (Wildman–Crippen MR) is 95.9 cm³/mol. The van der Waals surface area contributed by atoms with Gasteiger partial charge in [0.25, 0.3) is 0 Å². The zero-order valence-electron chi connectivity index (χ0n) is 14.2. The molecule has 1 aromatic carbocycles. The minimum absolute atomic E-state index is 0.200. The molecule has 4 nitrogen and oxygen atoms in total. The minimum atomic E-state index is 0.200. The number of rotatable bonds is 2. The van der Waals surface area contributed by atoms with E-state index in [2.05, 4.69) is 28.1 Å². The maximum absolute atomic E-state index is 11.2. The Bertz CT molecular complexity index is 788. The standard InChI is InChI=1S/C20H25N3O/c24-21-23-12-11-22-18-10-9-15(14-5-2-1-3-6-14)13-17(18)16-7-4-8-19(23)20(16)22/h9-10,13-14,19H,1-8,11-12H2/t19-/m0/s1. The molecule has 0 spiro atoms. The van der Waals surface area contributed by atoms with E-state index in [1.165, 1.54) is 59.8 Å². The van der Waals surface area contributed by atoms with Crippen LogP contribution >= 0.6 is 0 Å². The molecular formula is C20H25N3O. The third kappa shape index (κ3) is 2.04. The van der Waals surface area contributed by atoms with Crippen molar-refractivity contribution >= 4 is 10.9 Å². The Morgan fingerprint density at radius 2 is 1.88 bits per heavy atom. The fraction of sp³-hybridized carbons (Fsp3) is 0.600. The van der Waals surface area contributed by atoms with Gasteiger partial charge >= 0.3 is 0 Å². The van der Waals surface area contributed by atoms with Gasteiger partial charge in [0.1, 0.15) is 0 Å². The molecule has 126 valence electrons. The molecule has 2 heterocycles. The van der Waals surface area contributed by atoms with E-state index < -0.39 is 0 Å². The summed E-state index contributed by atoms with van der Waals surface area (Å²) in [6, 6.07) is 7.39. The molecular weight excluding hydrogens is 298 g/mol. The van der Waals surface area contributed by atoms with Crippen LogP contribution in [0.2, 0.25) is 0 Å². The average molecular weight is 323 g/mol. The fourth-order valence-electron chi connectivity index (χ4n) is 5.39. The highest BCUT2D eigenvalue weighted by Gasteiger charge is 2.35. The second-order valence-electron chi connectivity index (χ2n) is 7.78. The highest BCUT2D eigenvalue weighted by molar-refractivity contribution is 5.87. The highest BCUT2D eigenvalue weighted by atomic mass is 16.3. The molecule has 0 radical (unpaired) electrons. The lowest BCUT2D eigenvalue weighted by Gasteiger charge is -2.36. The zero-order chi connectivity index (χ0) is 16.1. The third-order valence-corrected chi connectivity index (χ3v) is 6.55. The van der Waals surface area contributed by atoms with E-state index in [0.29, 0.717) is 0 Å². The molecule has 0 N–H and O–H groups in total. The smallest absolute Gasteiger partial charge is 0.0906 e. The number of hydrogen-bond donors (Lipinski definition) is 0. The number of fused-ring (bicyclic) bond motifs is 3. The predicted octanol–water partition coefficient (Wildman–Crippen LogP) is 5.06. The Labute approximate surface area is 142 Å². The summed E-state index contributed by atoms with van der Waals surface area (Å²) in [6.45, 7) is 1.63. The summed E-state index contributed by atoms with van der Waals surface area (Å²) in [5, 5.41) is 6.53. The first kappa shape index (κ1) is 14.5. The Kier molecular flexibility index (Phi) is 3.39. The quantitative estimate of drug-likeness (QED) is 0.724. The number of benzene rings is 1. The summed E-state index contributed by atoms with van der Waals surface area (Å²) in [5.74, 6) is 0.750. The van der Waals surface area contributed by atoms with Crippen LogP contribution in [0.3, 0.4) is 0 Å². The molecule has 1 atom stereocenters. The summed E-state index contributed by atoms with van der Waals surface area (Å²) in [7, 11) is 0. The topological polar surface area (TPSA) is 37.6 Å². The normalized spacial score (nSPS) is 24.2. The number of nitrogens with zero attached hydrogens (tertiary/aromatic N) is 3. The maximum Gasteiger partial charge on any atom is 0.0906 e. The molecule has 1 saturated carbocycles. The minimum Gasteiger partial charge on any atom is -0.340 e. The Hall–Kier alpha value is -1.84. The van der Waals surface area contributed by atoms with Crippen LogP contribution in [0.15, 0.2) is 23.5 Å². The lowest BCUT2D eigenvalue weighted by atomic mass is 9.83. The van der Waals surface area contributed by atoms with Gasteiger partial charge in [0.05, 0.1) is 17.9 Å². The summed E-state index contributed by atoms with van der Waals surface area (Å²) >= 11 is 0. The van der Waals surface area contributed by atoms with Crippen LogP contribution in [-0.2, 0) is 13.0 Å². The molecule has 1 aromatic heterocycles. The molecule has 1 aliphatic heterocycles. The van der Waals surface area contributed by atoms with Crippen LogP contribution in [-0.4, -0.2) is 16.1 Å². The van der Waals surface area contributed by atoms with Crippen molar-refractivity contribution in [2.24, 2.45) is 5.29 Å². The largest absolute Gasteiger partial charge is 0.340 e. The Balaban J connectivity index is 1.65. The van der Waals surface area contributed by atoms with E-state index in [0.717, 1.165) is 38.3 Å². The monoisotopic (exact) mass is 323 g/mol. The number of aryl methyl sites for hydroxylation is 1. The molecule has 1 fully saturated rings. The third-order valence-electron chi connectivity index (χ3n) is 6.55. The molecule has 0 unspecified atom stereocenters. The fourth-order valence-corrected chi connectivity index (χ4v) is 5.39. The summed E-state index contributed by atoms with van der Waals surface area (Å²) in [4.78, 5) is 11.2. The van der Waals surface area contributed by atoms with Crippen molar-refractivity contribution in [1.82, 2.24) is 9.58 Å².